The van der Waals surface area contributed by atoms with E-state index in [1.807, 2.05) is 25.0 Å². The van der Waals surface area contributed by atoms with E-state index in [9.17, 15) is 0 Å². The van der Waals surface area contributed by atoms with Crippen molar-refractivity contribution in [3.8, 4) is 0 Å². The second-order valence-corrected chi connectivity index (χ2v) is 6.23. The van der Waals surface area contributed by atoms with Crippen LogP contribution >= 0.6 is 0 Å². The van der Waals surface area contributed by atoms with Crippen molar-refractivity contribution in [1.82, 2.24) is 15.1 Å². The van der Waals surface area contributed by atoms with Gasteiger partial charge in [-0.25, -0.2) is 0 Å². The van der Waals surface area contributed by atoms with Crippen LogP contribution in [0.1, 0.15) is 89.3 Å². The van der Waals surface area contributed by atoms with Crippen LogP contribution in [0.2, 0.25) is 0 Å². The summed E-state index contributed by atoms with van der Waals surface area (Å²) in [6, 6.07) is 2.54. The van der Waals surface area contributed by atoms with Crippen molar-refractivity contribution in [3.63, 3.8) is 0 Å². The molecule has 0 spiro atoms. The second kappa shape index (κ2) is 11.8. The lowest BCUT2D eigenvalue weighted by Crippen LogP contribution is -2.17. The summed E-state index contributed by atoms with van der Waals surface area (Å²) < 4.78 is 1.89. The van der Waals surface area contributed by atoms with Gasteiger partial charge < -0.3 is 5.32 Å². The van der Waals surface area contributed by atoms with Crippen molar-refractivity contribution in [1.29, 1.82) is 0 Å². The van der Waals surface area contributed by atoms with Gasteiger partial charge in [0, 0.05) is 13.2 Å². The average Bonchev–Trinajstić information content (AvgIpc) is 2.91. The van der Waals surface area contributed by atoms with Gasteiger partial charge in [-0.2, -0.15) is 5.10 Å². The molecular weight excluding hydrogens is 258 g/mol. The molecule has 0 aliphatic carbocycles. The number of unbranched alkanes of at least 4 members (excludes halogenated alkanes) is 9. The molecule has 1 aromatic rings. The number of aromatic nitrogens is 2. The summed E-state index contributed by atoms with van der Waals surface area (Å²) in [5, 5.41) is 7.89. The molecule has 1 heterocycles. The van der Waals surface area contributed by atoms with E-state index in [0.29, 0.717) is 6.04 Å². The molecule has 122 valence electrons. The molecule has 1 N–H and O–H groups in total. The Morgan fingerprint density at radius 2 is 1.57 bits per heavy atom. The van der Waals surface area contributed by atoms with Crippen LogP contribution in [0.3, 0.4) is 0 Å². The molecule has 21 heavy (non-hydrogen) atoms. The highest BCUT2D eigenvalue weighted by molar-refractivity contribution is 5.04. The largest absolute Gasteiger partial charge is 0.312 e. The molecule has 0 aromatic carbocycles. The molecule has 0 amide bonds. The smallest absolute Gasteiger partial charge is 0.0793 e. The molecule has 1 rings (SSSR count). The molecule has 0 aliphatic rings. The topological polar surface area (TPSA) is 29.9 Å². The lowest BCUT2D eigenvalue weighted by Gasteiger charge is -2.13. The Labute approximate surface area is 131 Å². The molecule has 3 nitrogen and oxygen atoms in total. The van der Waals surface area contributed by atoms with Crippen molar-refractivity contribution < 1.29 is 0 Å². The fraction of sp³-hybridized carbons (Fsp3) is 0.833. The molecule has 1 unspecified atom stereocenters. The highest BCUT2D eigenvalue weighted by atomic mass is 15.3. The van der Waals surface area contributed by atoms with Crippen LogP contribution in [0.5, 0.6) is 0 Å². The van der Waals surface area contributed by atoms with Crippen LogP contribution in [0, 0.1) is 0 Å². The molecule has 0 fully saturated rings. The zero-order valence-electron chi connectivity index (χ0n) is 14.4. The Balaban J connectivity index is 1.98. The summed E-state index contributed by atoms with van der Waals surface area (Å²) in [5.41, 5.74) is 1.18. The SMILES string of the molecule is CCCCCCCCCCCCC(NC)c1ccn(C)n1. The highest BCUT2D eigenvalue weighted by Crippen LogP contribution is 2.18. The Morgan fingerprint density at radius 1 is 1.00 bits per heavy atom. The van der Waals surface area contributed by atoms with Crippen LogP contribution in [-0.4, -0.2) is 16.8 Å². The normalized spacial score (nSPS) is 12.7. The van der Waals surface area contributed by atoms with E-state index < -0.39 is 0 Å². The molecule has 0 bridgehead atoms. The maximum Gasteiger partial charge on any atom is 0.0793 e. The van der Waals surface area contributed by atoms with Crippen molar-refractivity contribution in [3.05, 3.63) is 18.0 Å². The Kier molecular flexibility index (Phi) is 10.2. The van der Waals surface area contributed by atoms with E-state index in [1.165, 1.54) is 76.3 Å². The summed E-state index contributed by atoms with van der Waals surface area (Å²) in [6.07, 6.45) is 17.2. The number of nitrogens with one attached hydrogen (secondary N) is 1. The first-order valence-corrected chi connectivity index (χ1v) is 8.94. The van der Waals surface area contributed by atoms with E-state index in [2.05, 4.69) is 23.4 Å². The monoisotopic (exact) mass is 293 g/mol. The number of hydrogen-bond donors (Lipinski definition) is 1. The second-order valence-electron chi connectivity index (χ2n) is 6.23. The van der Waals surface area contributed by atoms with Gasteiger partial charge in [-0.15, -0.1) is 0 Å². The first-order chi connectivity index (χ1) is 10.3. The summed E-state index contributed by atoms with van der Waals surface area (Å²) >= 11 is 0. The van der Waals surface area contributed by atoms with Gasteiger partial charge in [0.15, 0.2) is 0 Å². The maximum absolute atomic E-state index is 4.50. The van der Waals surface area contributed by atoms with Gasteiger partial charge in [0.25, 0.3) is 0 Å². The summed E-state index contributed by atoms with van der Waals surface area (Å²) in [4.78, 5) is 0. The van der Waals surface area contributed by atoms with Gasteiger partial charge in [0.2, 0.25) is 0 Å². The fourth-order valence-electron chi connectivity index (χ4n) is 2.89. The molecule has 1 aromatic heterocycles. The van der Waals surface area contributed by atoms with Crippen LogP contribution in [0.4, 0.5) is 0 Å². The third-order valence-corrected chi connectivity index (χ3v) is 4.29. The summed E-state index contributed by atoms with van der Waals surface area (Å²) in [5.74, 6) is 0. The average molecular weight is 293 g/mol. The Morgan fingerprint density at radius 3 is 2.05 bits per heavy atom. The molecule has 0 aliphatic heterocycles. The van der Waals surface area contributed by atoms with Gasteiger partial charge in [-0.3, -0.25) is 4.68 Å². The molecule has 0 saturated heterocycles. The third kappa shape index (κ3) is 8.25. The minimum absolute atomic E-state index is 0.417. The third-order valence-electron chi connectivity index (χ3n) is 4.29. The summed E-state index contributed by atoms with van der Waals surface area (Å²) in [7, 11) is 4.02. The van der Waals surface area contributed by atoms with E-state index in [1.54, 1.807) is 0 Å². The highest BCUT2D eigenvalue weighted by Gasteiger charge is 2.11. The van der Waals surface area contributed by atoms with E-state index >= 15 is 0 Å². The predicted molar refractivity (Wildman–Crippen MR) is 91.5 cm³/mol. The van der Waals surface area contributed by atoms with Crippen molar-refractivity contribution in [2.24, 2.45) is 7.05 Å². The zero-order valence-corrected chi connectivity index (χ0v) is 14.4. The maximum atomic E-state index is 4.50. The van der Waals surface area contributed by atoms with Crippen LogP contribution in [-0.2, 0) is 7.05 Å². The molecule has 0 radical (unpaired) electrons. The van der Waals surface area contributed by atoms with Crippen molar-refractivity contribution in [2.45, 2.75) is 83.6 Å². The molecule has 3 heteroatoms. The van der Waals surface area contributed by atoms with Gasteiger partial charge in [0.05, 0.1) is 11.7 Å². The van der Waals surface area contributed by atoms with Crippen LogP contribution < -0.4 is 5.32 Å². The first kappa shape index (κ1) is 18.2. The Bertz CT molecular complexity index is 346. The standard InChI is InChI=1S/C18H35N3/c1-4-5-6-7-8-9-10-11-12-13-14-17(19-2)18-15-16-21(3)20-18/h15-17,19H,4-14H2,1-3H3. The number of rotatable bonds is 13. The lowest BCUT2D eigenvalue weighted by atomic mass is 10.0. The number of nitrogens with zero attached hydrogens (tertiary/aromatic N) is 2. The molecule has 0 saturated carbocycles. The van der Waals surface area contributed by atoms with E-state index in [0.717, 1.165) is 0 Å². The number of hydrogen-bond acceptors (Lipinski definition) is 2. The van der Waals surface area contributed by atoms with Gasteiger partial charge in [-0.05, 0) is 19.5 Å². The molecular formula is C18H35N3. The molecule has 1 atom stereocenters. The zero-order chi connectivity index (χ0) is 15.3. The first-order valence-electron chi connectivity index (χ1n) is 8.94. The van der Waals surface area contributed by atoms with Crippen molar-refractivity contribution >= 4 is 0 Å². The number of aryl methyl sites for hydroxylation is 1. The predicted octanol–water partition coefficient (Wildman–Crippen LogP) is 4.99. The van der Waals surface area contributed by atoms with E-state index in [4.69, 9.17) is 0 Å². The van der Waals surface area contributed by atoms with Gasteiger partial charge in [0.1, 0.15) is 0 Å². The lowest BCUT2D eigenvalue weighted by molar-refractivity contribution is 0.481. The Hall–Kier alpha value is -0.830. The minimum atomic E-state index is 0.417. The quantitative estimate of drug-likeness (QED) is 0.519. The van der Waals surface area contributed by atoms with Crippen LogP contribution in [0.25, 0.3) is 0 Å². The van der Waals surface area contributed by atoms with Gasteiger partial charge in [-0.1, -0.05) is 71.1 Å². The van der Waals surface area contributed by atoms with Gasteiger partial charge >= 0.3 is 0 Å². The van der Waals surface area contributed by atoms with Crippen LogP contribution in [0.15, 0.2) is 12.3 Å². The van der Waals surface area contributed by atoms with Crippen molar-refractivity contribution in [2.75, 3.05) is 7.05 Å². The minimum Gasteiger partial charge on any atom is -0.312 e. The summed E-state index contributed by atoms with van der Waals surface area (Å²) in [6.45, 7) is 2.28. The van der Waals surface area contributed by atoms with E-state index in [-0.39, 0.29) is 0 Å². The fourth-order valence-corrected chi connectivity index (χ4v) is 2.89.